The van der Waals surface area contributed by atoms with E-state index in [-0.39, 0.29) is 29.9 Å². The second-order valence-corrected chi connectivity index (χ2v) is 9.94. The summed E-state index contributed by atoms with van der Waals surface area (Å²) < 4.78 is 6.17. The number of halogens is 1. The molecule has 1 fully saturated rings. The molecule has 35 heavy (non-hydrogen) atoms. The van der Waals surface area contributed by atoms with Gasteiger partial charge in [-0.3, -0.25) is 9.59 Å². The van der Waals surface area contributed by atoms with Crippen LogP contribution in [0.1, 0.15) is 75.9 Å². The van der Waals surface area contributed by atoms with Gasteiger partial charge in [-0.05, 0) is 72.8 Å². The van der Waals surface area contributed by atoms with E-state index in [1.165, 1.54) is 11.1 Å². The Morgan fingerprint density at radius 3 is 1.94 bits per heavy atom. The highest BCUT2D eigenvalue weighted by Crippen LogP contribution is 2.42. The highest BCUT2D eigenvalue weighted by atomic mass is 35.5. The number of Topliss-reactive ketones (excluding diaryl/α,β-unsaturated/α-hetero) is 2. The van der Waals surface area contributed by atoms with Crippen LogP contribution in [0.3, 0.4) is 0 Å². The molecule has 0 aliphatic heterocycles. The van der Waals surface area contributed by atoms with Gasteiger partial charge in [0, 0.05) is 21.7 Å². The summed E-state index contributed by atoms with van der Waals surface area (Å²) in [6.45, 7) is 2.39. The van der Waals surface area contributed by atoms with E-state index in [9.17, 15) is 9.59 Å². The first kappa shape index (κ1) is 23.6. The highest BCUT2D eigenvalue weighted by molar-refractivity contribution is 6.30. The molecule has 0 bridgehead atoms. The van der Waals surface area contributed by atoms with E-state index in [2.05, 4.69) is 31.2 Å². The van der Waals surface area contributed by atoms with Gasteiger partial charge in [-0.2, -0.15) is 0 Å². The Labute approximate surface area is 211 Å². The van der Waals surface area contributed by atoms with E-state index in [0.717, 1.165) is 42.7 Å². The minimum Gasteiger partial charge on any atom is -0.484 e. The molecule has 0 unspecified atom stereocenters. The molecule has 178 valence electrons. The van der Waals surface area contributed by atoms with Gasteiger partial charge in [0.05, 0.1) is 0 Å². The van der Waals surface area contributed by atoms with E-state index in [1.807, 2.05) is 30.3 Å². The number of hydrogen-bond acceptors (Lipinski definition) is 3. The largest absolute Gasteiger partial charge is 0.484 e. The van der Waals surface area contributed by atoms with Crippen LogP contribution in [0.25, 0.3) is 0 Å². The van der Waals surface area contributed by atoms with Gasteiger partial charge < -0.3 is 4.74 Å². The number of fused-ring (bicyclic) bond motifs is 1. The van der Waals surface area contributed by atoms with Crippen LogP contribution in [-0.2, 0) is 17.8 Å². The normalized spacial score (nSPS) is 20.1. The molecule has 3 aromatic carbocycles. The third kappa shape index (κ3) is 4.83. The molecule has 0 radical (unpaired) electrons. The Balaban J connectivity index is 1.41. The molecule has 0 atom stereocenters. The first-order valence-electron chi connectivity index (χ1n) is 12.4. The summed E-state index contributed by atoms with van der Waals surface area (Å²) in [6.07, 6.45) is 4.60. The molecule has 0 N–H and O–H groups in total. The predicted molar refractivity (Wildman–Crippen MR) is 139 cm³/mol. The van der Waals surface area contributed by atoms with Crippen LogP contribution >= 0.6 is 11.6 Å². The van der Waals surface area contributed by atoms with Crippen LogP contribution in [0.5, 0.6) is 0 Å². The lowest BCUT2D eigenvalue weighted by molar-refractivity contribution is 0.0841. The third-order valence-electron chi connectivity index (χ3n) is 7.40. The van der Waals surface area contributed by atoms with Gasteiger partial charge in [0.1, 0.15) is 6.61 Å². The number of benzene rings is 3. The number of allylic oxidation sites excluding steroid dienone is 2. The number of carbonyl (C=O) groups excluding carboxylic acids is 2. The zero-order valence-corrected chi connectivity index (χ0v) is 20.7. The summed E-state index contributed by atoms with van der Waals surface area (Å²) >= 11 is 6.06. The Hall–Kier alpha value is -3.17. The molecule has 0 amide bonds. The minimum atomic E-state index is -0.180. The monoisotopic (exact) mass is 484 g/mol. The van der Waals surface area contributed by atoms with Crippen LogP contribution in [0, 0.1) is 5.92 Å². The zero-order chi connectivity index (χ0) is 24.4. The van der Waals surface area contributed by atoms with E-state index in [0.29, 0.717) is 22.6 Å². The molecular formula is C31H29ClO3. The Bertz CT molecular complexity index is 1260. The summed E-state index contributed by atoms with van der Waals surface area (Å²) in [5.41, 5.74) is 5.02. The number of hydrogen-bond donors (Lipinski definition) is 0. The molecule has 1 saturated carbocycles. The second-order valence-electron chi connectivity index (χ2n) is 9.51. The van der Waals surface area contributed by atoms with Crippen molar-refractivity contribution in [1.29, 1.82) is 0 Å². The number of rotatable bonds is 6. The van der Waals surface area contributed by atoms with Gasteiger partial charge in [0.15, 0.2) is 11.5 Å². The van der Waals surface area contributed by atoms with Crippen molar-refractivity contribution in [3.8, 4) is 0 Å². The van der Waals surface area contributed by atoms with Crippen molar-refractivity contribution in [3.63, 3.8) is 0 Å². The molecule has 5 rings (SSSR count). The van der Waals surface area contributed by atoms with Crippen molar-refractivity contribution in [2.45, 2.75) is 51.6 Å². The summed E-state index contributed by atoms with van der Waals surface area (Å²) in [7, 11) is 0. The van der Waals surface area contributed by atoms with E-state index >= 15 is 0 Å². The molecule has 4 heteroatoms. The van der Waals surface area contributed by atoms with Crippen LogP contribution in [0.15, 0.2) is 84.1 Å². The summed E-state index contributed by atoms with van der Waals surface area (Å²) in [5.74, 6) is 0.447. The van der Waals surface area contributed by atoms with Crippen LogP contribution in [0.4, 0.5) is 0 Å². The van der Waals surface area contributed by atoms with Gasteiger partial charge in [-0.1, -0.05) is 79.2 Å². The molecule has 3 aromatic rings. The van der Waals surface area contributed by atoms with Gasteiger partial charge >= 0.3 is 0 Å². The second kappa shape index (κ2) is 10.2. The van der Waals surface area contributed by atoms with E-state index in [1.54, 1.807) is 18.2 Å². The van der Waals surface area contributed by atoms with Crippen molar-refractivity contribution in [2.24, 2.45) is 5.92 Å². The van der Waals surface area contributed by atoms with Crippen molar-refractivity contribution >= 4 is 23.2 Å². The van der Waals surface area contributed by atoms with Crippen molar-refractivity contribution in [3.05, 3.63) is 117 Å². The maximum Gasteiger partial charge on any atom is 0.228 e. The fourth-order valence-electron chi connectivity index (χ4n) is 5.36. The Morgan fingerprint density at radius 2 is 1.31 bits per heavy atom. The van der Waals surface area contributed by atoms with Crippen molar-refractivity contribution in [1.82, 2.24) is 0 Å². The molecule has 2 aliphatic rings. The van der Waals surface area contributed by atoms with Gasteiger partial charge in [-0.15, -0.1) is 0 Å². The number of ketones is 2. The summed E-state index contributed by atoms with van der Waals surface area (Å²) in [5, 5.41) is 0.740. The SMILES string of the molecule is CCc1ccc(COC2=C([C@H]3CC[C@H](c4ccc(Cl)cc4)CC3)C(=O)c3ccccc3C2=O)cc1. The van der Waals surface area contributed by atoms with Crippen LogP contribution in [-0.4, -0.2) is 11.6 Å². The molecule has 3 nitrogen and oxygen atoms in total. The Morgan fingerprint density at radius 1 is 0.743 bits per heavy atom. The van der Waals surface area contributed by atoms with Crippen molar-refractivity contribution in [2.75, 3.05) is 0 Å². The van der Waals surface area contributed by atoms with Crippen LogP contribution in [0.2, 0.25) is 5.02 Å². The summed E-state index contributed by atoms with van der Waals surface area (Å²) in [4.78, 5) is 27.2. The first-order valence-corrected chi connectivity index (χ1v) is 12.8. The lowest BCUT2D eigenvalue weighted by atomic mass is 9.72. The van der Waals surface area contributed by atoms with Gasteiger partial charge in [0.2, 0.25) is 5.78 Å². The molecule has 2 aliphatic carbocycles. The number of aryl methyl sites for hydroxylation is 1. The fourth-order valence-corrected chi connectivity index (χ4v) is 5.49. The Kier molecular flexibility index (Phi) is 6.88. The van der Waals surface area contributed by atoms with E-state index < -0.39 is 0 Å². The fraction of sp³-hybridized carbons (Fsp3) is 0.290. The van der Waals surface area contributed by atoms with Gasteiger partial charge in [0.25, 0.3) is 0 Å². The molecule has 0 heterocycles. The predicted octanol–water partition coefficient (Wildman–Crippen LogP) is 7.73. The number of ether oxygens (including phenoxy) is 1. The molecule has 0 saturated heterocycles. The smallest absolute Gasteiger partial charge is 0.228 e. The standard InChI is InChI=1S/C31H29ClO3/c1-2-20-7-9-21(10-8-20)19-35-31-28(29(33)26-5-3-4-6-27(26)30(31)34)24-13-11-22(12-14-24)23-15-17-25(32)18-16-23/h3-10,15-18,22,24H,2,11-14,19H2,1H3/t22-,24-. The third-order valence-corrected chi connectivity index (χ3v) is 7.66. The van der Waals surface area contributed by atoms with Crippen LogP contribution < -0.4 is 0 Å². The topological polar surface area (TPSA) is 43.4 Å². The summed E-state index contributed by atoms with van der Waals surface area (Å²) in [6, 6.07) is 23.4. The first-order chi connectivity index (χ1) is 17.0. The zero-order valence-electron chi connectivity index (χ0n) is 19.9. The maximum absolute atomic E-state index is 13.7. The minimum absolute atomic E-state index is 0.0147. The average molecular weight is 485 g/mol. The van der Waals surface area contributed by atoms with Gasteiger partial charge in [-0.25, -0.2) is 0 Å². The lowest BCUT2D eigenvalue weighted by Gasteiger charge is -2.32. The number of carbonyl (C=O) groups is 2. The highest BCUT2D eigenvalue weighted by Gasteiger charge is 2.38. The van der Waals surface area contributed by atoms with Crippen molar-refractivity contribution < 1.29 is 14.3 Å². The quantitative estimate of drug-likeness (QED) is 0.359. The average Bonchev–Trinajstić information content (AvgIpc) is 2.91. The van der Waals surface area contributed by atoms with E-state index in [4.69, 9.17) is 16.3 Å². The maximum atomic E-state index is 13.7. The lowest BCUT2D eigenvalue weighted by Crippen LogP contribution is -2.29. The molecular weight excluding hydrogens is 456 g/mol. The molecule has 0 aromatic heterocycles. The molecule has 0 spiro atoms.